The summed E-state index contributed by atoms with van der Waals surface area (Å²) >= 11 is 0. The summed E-state index contributed by atoms with van der Waals surface area (Å²) in [6, 6.07) is 32.2. The van der Waals surface area contributed by atoms with Gasteiger partial charge in [-0.05, 0) is 155 Å². The van der Waals surface area contributed by atoms with Gasteiger partial charge in [0, 0.05) is 0 Å². The minimum atomic E-state index is -0.343. The average molecular weight is 607 g/mol. The Labute approximate surface area is 271 Å². The van der Waals surface area contributed by atoms with Gasteiger partial charge in [-0.1, -0.05) is 117 Å². The van der Waals surface area contributed by atoms with Gasteiger partial charge in [-0.2, -0.15) is 0 Å². The molecule has 10 rings (SSSR count). The molecule has 46 heavy (non-hydrogen) atoms. The van der Waals surface area contributed by atoms with E-state index in [4.69, 9.17) is 0 Å². The highest BCUT2D eigenvalue weighted by atomic mass is 31.1. The molecule has 1 heterocycles. The van der Waals surface area contributed by atoms with Crippen LogP contribution in [-0.2, 0) is 12.8 Å². The molecule has 0 saturated heterocycles. The Hall–Kier alpha value is -4.64. The van der Waals surface area contributed by atoms with Crippen LogP contribution < -0.4 is 0 Å². The Morgan fingerprint density at radius 1 is 0.522 bits per heavy atom. The first-order valence-electron chi connectivity index (χ1n) is 17.0. The molecule has 3 aliphatic carbocycles. The van der Waals surface area contributed by atoms with E-state index >= 15 is 0 Å². The fourth-order valence-corrected chi connectivity index (χ4v) is 12.0. The van der Waals surface area contributed by atoms with Gasteiger partial charge >= 0.3 is 0 Å². The largest absolute Gasteiger partial charge is 0.0859 e. The molecule has 0 nitrogen and oxygen atoms in total. The molecule has 1 aromatic heterocycles. The van der Waals surface area contributed by atoms with Crippen LogP contribution in [0.2, 0.25) is 0 Å². The molecular formula is C45H35P. The minimum absolute atomic E-state index is 0.343. The molecule has 0 fully saturated rings. The van der Waals surface area contributed by atoms with Gasteiger partial charge in [0.05, 0.1) is 0 Å². The number of hydrogen-bond acceptors (Lipinski definition) is 0. The van der Waals surface area contributed by atoms with Crippen molar-refractivity contribution in [2.24, 2.45) is 0 Å². The maximum atomic E-state index is 2.59. The van der Waals surface area contributed by atoms with E-state index < -0.39 is 0 Å². The van der Waals surface area contributed by atoms with Crippen LogP contribution in [0.1, 0.15) is 58.5 Å². The number of rotatable bonds is 2. The van der Waals surface area contributed by atoms with Crippen molar-refractivity contribution in [3.05, 3.63) is 142 Å². The van der Waals surface area contributed by atoms with Crippen LogP contribution in [0.5, 0.6) is 0 Å². The summed E-state index contributed by atoms with van der Waals surface area (Å²) in [5.74, 6) is 0. The van der Waals surface area contributed by atoms with Crippen molar-refractivity contribution in [3.63, 3.8) is 0 Å². The minimum Gasteiger partial charge on any atom is -0.0859 e. The highest BCUT2D eigenvalue weighted by Gasteiger charge is 2.27. The standard InChI is InChI=1S/C45H35P/c1-28-25-30(29-23-24-42-39(26-29)34-17-11-12-22-41(34)46(42)31-13-3-2-4-14-31)27-40-43(28)37-20-9-10-21-38(37)44-35-18-7-5-15-32(35)33-16-6-8-19-36(33)45(40)44/h3,5-11,13-21,25-27H,2,4,12,22-24H2,1H3. The molecule has 0 spiro atoms. The SMILES string of the molecule is Cc1cc(C2=Cc3c4c(p(C5=CCCC=C5)c3CC2)CCC=C4)cc2c1c1ccccc1c1c3ccccc3c3ccccc3c21. The van der Waals surface area contributed by atoms with Gasteiger partial charge in [0.15, 0.2) is 0 Å². The molecule has 0 N–H and O–H groups in total. The summed E-state index contributed by atoms with van der Waals surface area (Å²) in [6.07, 6.45) is 21.9. The molecule has 0 saturated carbocycles. The third kappa shape index (κ3) is 3.74. The first-order valence-corrected chi connectivity index (χ1v) is 18.3. The normalized spacial score (nSPS) is 16.3. The first-order chi connectivity index (χ1) is 22.8. The van der Waals surface area contributed by atoms with E-state index in [1.54, 1.807) is 15.9 Å². The lowest BCUT2D eigenvalue weighted by molar-refractivity contribution is 1.01. The van der Waals surface area contributed by atoms with Crippen LogP contribution in [0.3, 0.4) is 0 Å². The van der Waals surface area contributed by atoms with Crippen molar-refractivity contribution in [1.82, 2.24) is 0 Å². The molecule has 6 aromatic carbocycles. The van der Waals surface area contributed by atoms with Crippen LogP contribution in [0.25, 0.3) is 76.9 Å². The summed E-state index contributed by atoms with van der Waals surface area (Å²) in [7, 11) is -0.343. The predicted octanol–water partition coefficient (Wildman–Crippen LogP) is 13.4. The van der Waals surface area contributed by atoms with Gasteiger partial charge in [-0.15, -0.1) is 0 Å². The molecule has 0 aliphatic heterocycles. The van der Waals surface area contributed by atoms with E-state index in [0.29, 0.717) is 0 Å². The fraction of sp³-hybridized carbons (Fsp3) is 0.156. The Balaban J connectivity index is 1.29. The van der Waals surface area contributed by atoms with Crippen LogP contribution in [0.4, 0.5) is 0 Å². The number of benzene rings is 6. The zero-order chi connectivity index (χ0) is 30.4. The van der Waals surface area contributed by atoms with Crippen LogP contribution in [0.15, 0.2) is 109 Å². The molecule has 1 atom stereocenters. The Kier molecular flexibility index (Phi) is 5.88. The second-order valence-corrected chi connectivity index (χ2v) is 15.6. The smallest absolute Gasteiger partial charge is 0.00136 e. The fourth-order valence-electron chi connectivity index (χ4n) is 8.93. The van der Waals surface area contributed by atoms with Crippen molar-refractivity contribution in [2.75, 3.05) is 0 Å². The highest BCUT2D eigenvalue weighted by molar-refractivity contribution is 7.62. The molecule has 3 aliphatic rings. The van der Waals surface area contributed by atoms with E-state index in [2.05, 4.69) is 128 Å². The molecule has 1 heteroatoms. The quantitative estimate of drug-likeness (QED) is 0.172. The third-order valence-electron chi connectivity index (χ3n) is 10.8. The average Bonchev–Trinajstić information content (AvgIpc) is 3.45. The Bertz CT molecular complexity index is 2580. The maximum Gasteiger partial charge on any atom is -0.00136 e. The molecule has 0 amide bonds. The summed E-state index contributed by atoms with van der Waals surface area (Å²) in [5, 5.41) is 18.7. The van der Waals surface area contributed by atoms with Crippen LogP contribution >= 0.6 is 7.53 Å². The zero-order valence-corrected chi connectivity index (χ0v) is 27.1. The third-order valence-corrected chi connectivity index (χ3v) is 13.7. The van der Waals surface area contributed by atoms with E-state index in [1.807, 2.05) is 0 Å². The van der Waals surface area contributed by atoms with Gasteiger partial charge in [-0.25, -0.2) is 0 Å². The molecular weight excluding hydrogens is 571 g/mol. The van der Waals surface area contributed by atoms with Gasteiger partial charge in [-0.3, -0.25) is 0 Å². The lowest BCUT2D eigenvalue weighted by atomic mass is 9.83. The molecule has 0 bridgehead atoms. The Morgan fingerprint density at radius 2 is 1.13 bits per heavy atom. The molecule has 1 unspecified atom stereocenters. The van der Waals surface area contributed by atoms with Crippen molar-refractivity contribution in [3.8, 4) is 0 Å². The lowest BCUT2D eigenvalue weighted by Gasteiger charge is -2.21. The maximum absolute atomic E-state index is 2.59. The van der Waals surface area contributed by atoms with Crippen molar-refractivity contribution in [2.45, 2.75) is 45.4 Å². The molecule has 0 radical (unpaired) electrons. The van der Waals surface area contributed by atoms with Crippen LogP contribution in [-0.4, -0.2) is 0 Å². The highest BCUT2D eigenvalue weighted by Crippen LogP contribution is 2.58. The van der Waals surface area contributed by atoms with E-state index in [0.717, 1.165) is 6.42 Å². The van der Waals surface area contributed by atoms with Crippen LogP contribution in [0, 0.1) is 6.92 Å². The van der Waals surface area contributed by atoms with Gasteiger partial charge < -0.3 is 0 Å². The number of fused-ring (bicyclic) bond motifs is 14. The number of hydrogen-bond donors (Lipinski definition) is 0. The summed E-state index contributed by atoms with van der Waals surface area (Å²) in [4.78, 5) is 0. The number of allylic oxidation sites excluding steroid dienone is 6. The topological polar surface area (TPSA) is 0 Å². The van der Waals surface area contributed by atoms with Crippen molar-refractivity contribution >= 4 is 84.4 Å². The second-order valence-electron chi connectivity index (χ2n) is 13.4. The Morgan fingerprint density at radius 3 is 1.83 bits per heavy atom. The molecule has 220 valence electrons. The van der Waals surface area contributed by atoms with Crippen molar-refractivity contribution < 1.29 is 0 Å². The molecule has 7 aromatic rings. The van der Waals surface area contributed by atoms with Gasteiger partial charge in [0.2, 0.25) is 0 Å². The predicted molar refractivity (Wildman–Crippen MR) is 204 cm³/mol. The van der Waals surface area contributed by atoms with Gasteiger partial charge in [0.1, 0.15) is 0 Å². The van der Waals surface area contributed by atoms with E-state index in [9.17, 15) is 0 Å². The summed E-state index contributed by atoms with van der Waals surface area (Å²) in [6.45, 7) is 2.34. The van der Waals surface area contributed by atoms with E-state index in [-0.39, 0.29) is 7.53 Å². The van der Waals surface area contributed by atoms with Gasteiger partial charge in [0.25, 0.3) is 0 Å². The summed E-state index contributed by atoms with van der Waals surface area (Å²) < 4.78 is 0. The monoisotopic (exact) mass is 606 g/mol. The van der Waals surface area contributed by atoms with Crippen molar-refractivity contribution in [1.29, 1.82) is 0 Å². The lowest BCUT2D eigenvalue weighted by Crippen LogP contribution is -1.99. The second kappa shape index (κ2) is 10.2. The summed E-state index contributed by atoms with van der Waals surface area (Å²) in [5.41, 5.74) is 7.32. The first kappa shape index (κ1) is 26.6. The zero-order valence-electron chi connectivity index (χ0n) is 26.2. The van der Waals surface area contributed by atoms with E-state index in [1.165, 1.54) is 114 Å². The number of aryl methyl sites for hydroxylation is 1.